The van der Waals surface area contributed by atoms with E-state index in [9.17, 15) is 0 Å². The van der Waals surface area contributed by atoms with Crippen LogP contribution in [0, 0.1) is 11.3 Å². The minimum absolute atomic E-state index is 0.611. The van der Waals surface area contributed by atoms with Crippen LogP contribution in [-0.4, -0.2) is 26.8 Å². The highest BCUT2D eigenvalue weighted by Gasteiger charge is 2.25. The topological polar surface area (TPSA) is 45.5 Å². The van der Waals surface area contributed by atoms with Gasteiger partial charge < -0.3 is 14.4 Å². The molecule has 92 valence electrons. The Bertz CT molecular complexity index is 436. The van der Waals surface area contributed by atoms with E-state index in [0.717, 1.165) is 17.2 Å². The number of benzene rings is 1. The van der Waals surface area contributed by atoms with Crippen molar-refractivity contribution in [1.82, 2.24) is 0 Å². The van der Waals surface area contributed by atoms with E-state index in [4.69, 9.17) is 14.7 Å². The Balaban J connectivity index is 3.24. The van der Waals surface area contributed by atoms with Crippen molar-refractivity contribution >= 4 is 5.69 Å². The zero-order valence-electron chi connectivity index (χ0n) is 10.9. The van der Waals surface area contributed by atoms with Gasteiger partial charge in [0.2, 0.25) is 0 Å². The smallest absolute Gasteiger partial charge is 0.142 e. The number of anilines is 1. The Hall–Kier alpha value is -1.89. The molecule has 0 bridgehead atoms. The Kier molecular flexibility index (Phi) is 3.84. The van der Waals surface area contributed by atoms with Crippen molar-refractivity contribution in [3.05, 3.63) is 18.2 Å². The fourth-order valence-corrected chi connectivity index (χ4v) is 1.44. The van der Waals surface area contributed by atoms with Gasteiger partial charge in [0.15, 0.2) is 0 Å². The Morgan fingerprint density at radius 1 is 1.24 bits per heavy atom. The van der Waals surface area contributed by atoms with Crippen molar-refractivity contribution in [3.8, 4) is 17.6 Å². The molecule has 0 aromatic heterocycles. The molecule has 0 saturated carbocycles. The van der Waals surface area contributed by atoms with Crippen LogP contribution < -0.4 is 14.4 Å². The molecule has 0 saturated heterocycles. The molecule has 17 heavy (non-hydrogen) atoms. The summed E-state index contributed by atoms with van der Waals surface area (Å²) in [5.41, 5.74) is 0.220. The second kappa shape index (κ2) is 4.96. The van der Waals surface area contributed by atoms with Crippen molar-refractivity contribution in [1.29, 1.82) is 5.26 Å². The molecule has 0 aliphatic rings. The molecule has 1 rings (SSSR count). The van der Waals surface area contributed by atoms with Crippen molar-refractivity contribution < 1.29 is 9.47 Å². The van der Waals surface area contributed by atoms with Crippen LogP contribution in [0.1, 0.15) is 13.8 Å². The van der Waals surface area contributed by atoms with E-state index in [1.807, 2.05) is 44.0 Å². The highest BCUT2D eigenvalue weighted by atomic mass is 16.5. The largest absolute Gasteiger partial charge is 0.497 e. The van der Waals surface area contributed by atoms with Crippen LogP contribution in [0.2, 0.25) is 0 Å². The second-order valence-electron chi connectivity index (χ2n) is 4.27. The van der Waals surface area contributed by atoms with Crippen LogP contribution in [0.4, 0.5) is 5.69 Å². The maximum absolute atomic E-state index is 9.15. The molecule has 0 unspecified atom stereocenters. The maximum Gasteiger partial charge on any atom is 0.142 e. The summed E-state index contributed by atoms with van der Waals surface area (Å²) in [4.78, 5) is 1.87. The fourth-order valence-electron chi connectivity index (χ4n) is 1.44. The first-order chi connectivity index (χ1) is 7.96. The Morgan fingerprint density at radius 3 is 2.35 bits per heavy atom. The first kappa shape index (κ1) is 13.2. The van der Waals surface area contributed by atoms with Gasteiger partial charge in [-0.1, -0.05) is 0 Å². The molecule has 4 nitrogen and oxygen atoms in total. The third kappa shape index (κ3) is 2.62. The van der Waals surface area contributed by atoms with Gasteiger partial charge in [0.25, 0.3) is 0 Å². The summed E-state index contributed by atoms with van der Waals surface area (Å²) >= 11 is 0. The van der Waals surface area contributed by atoms with Crippen LogP contribution in [0.15, 0.2) is 18.2 Å². The number of nitrogens with zero attached hydrogens (tertiary/aromatic N) is 2. The van der Waals surface area contributed by atoms with E-state index in [-0.39, 0.29) is 0 Å². The predicted molar refractivity (Wildman–Crippen MR) is 67.6 cm³/mol. The number of methoxy groups -OCH3 is 2. The van der Waals surface area contributed by atoms with Gasteiger partial charge in [-0.15, -0.1) is 0 Å². The molecule has 4 heteroatoms. The maximum atomic E-state index is 9.15. The van der Waals surface area contributed by atoms with Gasteiger partial charge in [0, 0.05) is 13.1 Å². The monoisotopic (exact) mass is 234 g/mol. The quantitative estimate of drug-likeness (QED) is 0.802. The molecule has 1 aromatic carbocycles. The third-order valence-corrected chi connectivity index (χ3v) is 2.86. The second-order valence-corrected chi connectivity index (χ2v) is 4.27. The lowest BCUT2D eigenvalue weighted by Gasteiger charge is -2.32. The van der Waals surface area contributed by atoms with Crippen LogP contribution in [-0.2, 0) is 0 Å². The van der Waals surface area contributed by atoms with Crippen molar-refractivity contribution in [2.24, 2.45) is 0 Å². The molecule has 0 spiro atoms. The predicted octanol–water partition coefficient (Wildman–Crippen LogP) is 2.44. The van der Waals surface area contributed by atoms with Gasteiger partial charge in [0.05, 0.1) is 26.0 Å². The highest BCUT2D eigenvalue weighted by molar-refractivity contribution is 5.63. The number of nitriles is 1. The average molecular weight is 234 g/mol. The minimum Gasteiger partial charge on any atom is -0.497 e. The molecule has 1 aromatic rings. The van der Waals surface area contributed by atoms with E-state index in [1.54, 1.807) is 14.2 Å². The summed E-state index contributed by atoms with van der Waals surface area (Å²) in [6, 6.07) is 7.78. The summed E-state index contributed by atoms with van der Waals surface area (Å²) in [5, 5.41) is 9.15. The summed E-state index contributed by atoms with van der Waals surface area (Å²) in [7, 11) is 5.08. The van der Waals surface area contributed by atoms with Gasteiger partial charge >= 0.3 is 0 Å². The molecular formula is C13H18N2O2. The summed E-state index contributed by atoms with van der Waals surface area (Å²) < 4.78 is 10.5. The van der Waals surface area contributed by atoms with Gasteiger partial charge in [-0.25, -0.2) is 0 Å². The zero-order valence-corrected chi connectivity index (χ0v) is 10.9. The standard InChI is InChI=1S/C13H18N2O2/c1-13(2,9-14)15(3)11-8-10(16-4)6-7-12(11)17-5/h6-8H,1-5H3. The van der Waals surface area contributed by atoms with Crippen LogP contribution in [0.5, 0.6) is 11.5 Å². The van der Waals surface area contributed by atoms with Crippen LogP contribution in [0.25, 0.3) is 0 Å². The molecule has 0 fully saturated rings. The molecule has 0 aliphatic carbocycles. The van der Waals surface area contributed by atoms with Crippen LogP contribution >= 0.6 is 0 Å². The van der Waals surface area contributed by atoms with Gasteiger partial charge in [-0.05, 0) is 26.0 Å². The SMILES string of the molecule is COc1ccc(OC)c(N(C)C(C)(C)C#N)c1. The molecule has 0 amide bonds. The number of hydrogen-bond donors (Lipinski definition) is 0. The van der Waals surface area contributed by atoms with E-state index in [1.165, 1.54) is 0 Å². The van der Waals surface area contributed by atoms with Crippen LogP contribution in [0.3, 0.4) is 0 Å². The average Bonchev–Trinajstić information content (AvgIpc) is 2.36. The molecular weight excluding hydrogens is 216 g/mol. The summed E-state index contributed by atoms with van der Waals surface area (Å²) in [5.74, 6) is 1.46. The lowest BCUT2D eigenvalue weighted by atomic mass is 10.0. The minimum atomic E-state index is -0.611. The highest BCUT2D eigenvalue weighted by Crippen LogP contribution is 2.34. The Morgan fingerprint density at radius 2 is 1.88 bits per heavy atom. The van der Waals surface area contributed by atoms with Gasteiger partial charge in [-0.2, -0.15) is 5.26 Å². The zero-order chi connectivity index (χ0) is 13.1. The molecule has 0 radical (unpaired) electrons. The summed E-state index contributed by atoms with van der Waals surface area (Å²) in [6.07, 6.45) is 0. The van der Waals surface area contributed by atoms with Crippen molar-refractivity contribution in [3.63, 3.8) is 0 Å². The van der Waals surface area contributed by atoms with Gasteiger partial charge in [0.1, 0.15) is 17.0 Å². The third-order valence-electron chi connectivity index (χ3n) is 2.86. The van der Waals surface area contributed by atoms with E-state index in [2.05, 4.69) is 6.07 Å². The molecule has 0 atom stereocenters. The van der Waals surface area contributed by atoms with E-state index >= 15 is 0 Å². The Labute approximate surface area is 102 Å². The van der Waals surface area contributed by atoms with Gasteiger partial charge in [-0.3, -0.25) is 0 Å². The first-order valence-electron chi connectivity index (χ1n) is 5.33. The number of ether oxygens (including phenoxy) is 2. The normalized spacial score (nSPS) is 10.6. The summed E-state index contributed by atoms with van der Waals surface area (Å²) in [6.45, 7) is 3.71. The lowest BCUT2D eigenvalue weighted by molar-refractivity contribution is 0.401. The van der Waals surface area contributed by atoms with Crippen molar-refractivity contribution in [2.75, 3.05) is 26.2 Å². The lowest BCUT2D eigenvalue weighted by Crippen LogP contribution is -2.39. The van der Waals surface area contributed by atoms with E-state index < -0.39 is 5.54 Å². The number of rotatable bonds is 4. The first-order valence-corrected chi connectivity index (χ1v) is 5.33. The number of hydrogen-bond acceptors (Lipinski definition) is 4. The van der Waals surface area contributed by atoms with E-state index in [0.29, 0.717) is 0 Å². The molecule has 0 heterocycles. The fraction of sp³-hybridized carbons (Fsp3) is 0.462. The molecule has 0 aliphatic heterocycles. The molecule has 0 N–H and O–H groups in total. The van der Waals surface area contributed by atoms with Crippen molar-refractivity contribution in [2.45, 2.75) is 19.4 Å².